The number of amides is 2. The first-order valence-electron chi connectivity index (χ1n) is 8.84. The number of hydrogen-bond donors (Lipinski definition) is 2. The molecule has 1 aromatic rings. The fourth-order valence-corrected chi connectivity index (χ4v) is 3.32. The number of ether oxygens (including phenoxy) is 2. The van der Waals surface area contributed by atoms with Gasteiger partial charge in [-0.05, 0) is 26.3 Å². The summed E-state index contributed by atoms with van der Waals surface area (Å²) in [6, 6.07) is 1.85. The number of urea groups is 1. The van der Waals surface area contributed by atoms with E-state index in [-0.39, 0.29) is 12.1 Å². The Labute approximate surface area is 148 Å². The van der Waals surface area contributed by atoms with Crippen molar-refractivity contribution in [2.75, 3.05) is 44.8 Å². The number of rotatable bonds is 4. The first-order valence-corrected chi connectivity index (χ1v) is 8.84. The van der Waals surface area contributed by atoms with E-state index in [0.29, 0.717) is 44.8 Å². The summed E-state index contributed by atoms with van der Waals surface area (Å²) in [5.41, 5.74) is -0.422. The van der Waals surface area contributed by atoms with E-state index in [4.69, 9.17) is 9.47 Å². The smallest absolute Gasteiger partial charge is 0.317 e. The maximum absolute atomic E-state index is 12.4. The fourth-order valence-electron chi connectivity index (χ4n) is 3.32. The predicted octanol–water partition coefficient (Wildman–Crippen LogP) is 1.11. The molecule has 1 aromatic heterocycles. The van der Waals surface area contributed by atoms with Crippen molar-refractivity contribution < 1.29 is 14.3 Å². The molecule has 0 bridgehead atoms. The topological polar surface area (TPSA) is 88.6 Å². The molecule has 1 spiro atoms. The highest BCUT2D eigenvalue weighted by atomic mass is 16.5. The Kier molecular flexibility index (Phi) is 5.70. The molecule has 2 saturated heterocycles. The normalized spacial score (nSPS) is 26.7. The van der Waals surface area contributed by atoms with Gasteiger partial charge in [-0.1, -0.05) is 0 Å². The van der Waals surface area contributed by atoms with Crippen molar-refractivity contribution in [1.29, 1.82) is 0 Å². The Balaban J connectivity index is 1.56. The highest BCUT2D eigenvalue weighted by Crippen LogP contribution is 2.32. The molecule has 8 heteroatoms. The monoisotopic (exact) mass is 349 g/mol. The molecule has 3 rings (SSSR count). The van der Waals surface area contributed by atoms with Gasteiger partial charge in [0.05, 0.1) is 26.4 Å². The van der Waals surface area contributed by atoms with Crippen molar-refractivity contribution in [3.63, 3.8) is 0 Å². The van der Waals surface area contributed by atoms with E-state index in [2.05, 4.69) is 20.6 Å². The Hall–Kier alpha value is -1.93. The van der Waals surface area contributed by atoms with E-state index in [0.717, 1.165) is 13.0 Å². The molecule has 0 aliphatic carbocycles. The predicted molar refractivity (Wildman–Crippen MR) is 93.4 cm³/mol. The summed E-state index contributed by atoms with van der Waals surface area (Å²) >= 11 is 0. The van der Waals surface area contributed by atoms with Gasteiger partial charge in [0.1, 0.15) is 5.60 Å². The van der Waals surface area contributed by atoms with Crippen molar-refractivity contribution >= 4 is 12.0 Å². The lowest BCUT2D eigenvalue weighted by Gasteiger charge is -2.31. The van der Waals surface area contributed by atoms with E-state index in [1.165, 1.54) is 0 Å². The van der Waals surface area contributed by atoms with Crippen molar-refractivity contribution in [3.8, 4) is 0 Å². The van der Waals surface area contributed by atoms with Crippen molar-refractivity contribution in [1.82, 2.24) is 20.2 Å². The molecule has 2 aliphatic heterocycles. The number of nitrogens with one attached hydrogen (secondary N) is 2. The minimum Gasteiger partial charge on any atom is -0.377 e. The molecular weight excluding hydrogens is 322 g/mol. The van der Waals surface area contributed by atoms with Gasteiger partial charge in [-0.2, -0.15) is 0 Å². The molecule has 2 unspecified atom stereocenters. The van der Waals surface area contributed by atoms with Crippen LogP contribution in [0.2, 0.25) is 0 Å². The third-order valence-corrected chi connectivity index (χ3v) is 4.45. The second kappa shape index (κ2) is 7.97. The van der Waals surface area contributed by atoms with Crippen LogP contribution in [0.15, 0.2) is 18.5 Å². The van der Waals surface area contributed by atoms with Gasteiger partial charge < -0.3 is 25.0 Å². The molecule has 2 atom stereocenters. The van der Waals surface area contributed by atoms with Crippen LogP contribution in [0.3, 0.4) is 0 Å². The number of hydrogen-bond acceptors (Lipinski definition) is 6. The summed E-state index contributed by atoms with van der Waals surface area (Å²) in [6.07, 6.45) is 4.27. The van der Waals surface area contributed by atoms with E-state index in [1.807, 2.05) is 18.7 Å². The number of anilines is 1. The number of aromatic nitrogens is 2. The largest absolute Gasteiger partial charge is 0.377 e. The van der Waals surface area contributed by atoms with Crippen LogP contribution >= 0.6 is 0 Å². The van der Waals surface area contributed by atoms with Crippen molar-refractivity contribution in [2.24, 2.45) is 5.92 Å². The van der Waals surface area contributed by atoms with E-state index < -0.39 is 5.60 Å². The zero-order valence-electron chi connectivity index (χ0n) is 14.9. The lowest BCUT2D eigenvalue weighted by atomic mass is 9.94. The molecule has 138 valence electrons. The average molecular weight is 349 g/mol. The first kappa shape index (κ1) is 17.9. The van der Waals surface area contributed by atoms with Gasteiger partial charge in [0.25, 0.3) is 0 Å². The molecule has 3 heterocycles. The highest BCUT2D eigenvalue weighted by molar-refractivity contribution is 5.74. The molecule has 0 radical (unpaired) electrons. The van der Waals surface area contributed by atoms with Crippen LogP contribution in [0, 0.1) is 5.92 Å². The molecular formula is C17H27N5O3. The van der Waals surface area contributed by atoms with Crippen LogP contribution in [0.4, 0.5) is 10.7 Å². The average Bonchev–Trinajstić information content (AvgIpc) is 2.86. The molecule has 2 aliphatic rings. The van der Waals surface area contributed by atoms with Crippen LogP contribution in [0.25, 0.3) is 0 Å². The second-order valence-electron chi connectivity index (χ2n) is 7.10. The van der Waals surface area contributed by atoms with Gasteiger partial charge in [0.15, 0.2) is 0 Å². The summed E-state index contributed by atoms with van der Waals surface area (Å²) < 4.78 is 11.9. The molecule has 0 aromatic carbocycles. The number of carbonyl (C=O) groups excluding carboxylic acids is 1. The molecule has 25 heavy (non-hydrogen) atoms. The number of nitrogens with zero attached hydrogens (tertiary/aromatic N) is 3. The van der Waals surface area contributed by atoms with E-state index >= 15 is 0 Å². The zero-order chi connectivity index (χ0) is 17.7. The van der Waals surface area contributed by atoms with Gasteiger partial charge in [0.2, 0.25) is 5.95 Å². The Morgan fingerprint density at radius 3 is 3.00 bits per heavy atom. The quantitative estimate of drug-likeness (QED) is 0.847. The Bertz CT molecular complexity index is 571. The summed E-state index contributed by atoms with van der Waals surface area (Å²) in [4.78, 5) is 22.5. The lowest BCUT2D eigenvalue weighted by Crippen LogP contribution is -2.50. The van der Waals surface area contributed by atoms with Crippen LogP contribution in [0.1, 0.15) is 20.3 Å². The van der Waals surface area contributed by atoms with Crippen molar-refractivity contribution in [2.45, 2.75) is 31.9 Å². The van der Waals surface area contributed by atoms with Crippen LogP contribution < -0.4 is 10.6 Å². The van der Waals surface area contributed by atoms with Crippen molar-refractivity contribution in [3.05, 3.63) is 18.5 Å². The van der Waals surface area contributed by atoms with Gasteiger partial charge in [-0.3, -0.25) is 0 Å². The van der Waals surface area contributed by atoms with Gasteiger partial charge in [0, 0.05) is 37.4 Å². The Morgan fingerprint density at radius 2 is 2.24 bits per heavy atom. The maximum atomic E-state index is 12.4. The summed E-state index contributed by atoms with van der Waals surface area (Å²) in [5.74, 6) is 0.957. The third kappa shape index (κ3) is 4.79. The van der Waals surface area contributed by atoms with Gasteiger partial charge >= 0.3 is 6.03 Å². The van der Waals surface area contributed by atoms with Crippen LogP contribution in [0.5, 0.6) is 0 Å². The van der Waals surface area contributed by atoms with E-state index in [1.54, 1.807) is 18.5 Å². The minimum atomic E-state index is -0.422. The Morgan fingerprint density at radius 1 is 1.44 bits per heavy atom. The summed E-state index contributed by atoms with van der Waals surface area (Å²) in [6.45, 7) is 7.51. The third-order valence-electron chi connectivity index (χ3n) is 4.45. The number of carbonyl (C=O) groups is 1. The maximum Gasteiger partial charge on any atom is 0.317 e. The molecule has 2 N–H and O–H groups in total. The van der Waals surface area contributed by atoms with Crippen LogP contribution in [-0.4, -0.2) is 72.0 Å². The van der Waals surface area contributed by atoms with Gasteiger partial charge in [-0.15, -0.1) is 0 Å². The fraction of sp³-hybridized carbons (Fsp3) is 0.706. The molecule has 2 amide bonds. The second-order valence-corrected chi connectivity index (χ2v) is 7.10. The van der Waals surface area contributed by atoms with Gasteiger partial charge in [-0.25, -0.2) is 14.8 Å². The summed E-state index contributed by atoms with van der Waals surface area (Å²) in [5, 5.41) is 6.20. The molecule has 8 nitrogen and oxygen atoms in total. The summed E-state index contributed by atoms with van der Waals surface area (Å²) in [7, 11) is 0. The van der Waals surface area contributed by atoms with E-state index in [9.17, 15) is 4.79 Å². The van der Waals surface area contributed by atoms with Crippen LogP contribution in [-0.2, 0) is 9.47 Å². The standard InChI is InChI=1S/C17H27N5O3/c1-13(2)21-16(23)22-6-7-24-12-17(11-22)8-14(10-25-17)9-20-15-18-4-3-5-19-15/h3-5,13-14H,6-12H2,1-2H3,(H,21,23)(H,18,19,20). The SMILES string of the molecule is CC(C)NC(=O)N1CCOCC2(CC(CNc3ncccn3)CO2)C1. The molecule has 0 saturated carbocycles. The first-order chi connectivity index (χ1) is 12.1. The lowest BCUT2D eigenvalue weighted by molar-refractivity contribution is -0.0530. The zero-order valence-corrected chi connectivity index (χ0v) is 14.9. The molecule has 2 fully saturated rings. The highest BCUT2D eigenvalue weighted by Gasteiger charge is 2.44. The minimum absolute atomic E-state index is 0.0530.